The van der Waals surface area contributed by atoms with Crippen LogP contribution >= 0.6 is 0 Å². The van der Waals surface area contributed by atoms with Crippen molar-refractivity contribution in [2.75, 3.05) is 24.8 Å². The summed E-state index contributed by atoms with van der Waals surface area (Å²) in [4.78, 5) is 15.1. The summed E-state index contributed by atoms with van der Waals surface area (Å²) >= 11 is 0. The fourth-order valence-corrected chi connectivity index (χ4v) is 0.897. The zero-order chi connectivity index (χ0) is 10.4. The van der Waals surface area contributed by atoms with Gasteiger partial charge in [0.05, 0.1) is 24.9 Å². The number of anilines is 2. The minimum atomic E-state index is -0.0987. The molecule has 1 heterocycles. The molecule has 0 bridgehead atoms. The van der Waals surface area contributed by atoms with Crippen LogP contribution in [0.2, 0.25) is 0 Å². The van der Waals surface area contributed by atoms with Gasteiger partial charge in [0.25, 0.3) is 0 Å². The van der Waals surface area contributed by atoms with Gasteiger partial charge >= 0.3 is 0 Å². The number of ether oxygens (including phenoxy) is 1. The molecule has 0 radical (unpaired) electrons. The molecule has 3 N–H and O–H groups in total. The lowest BCUT2D eigenvalue weighted by Gasteiger charge is -2.03. The van der Waals surface area contributed by atoms with Crippen LogP contribution in [0.4, 0.5) is 11.5 Å². The van der Waals surface area contributed by atoms with Gasteiger partial charge in [0.2, 0.25) is 5.91 Å². The minimum Gasteiger partial charge on any atom is -0.384 e. The number of aromatic nitrogens is 1. The highest BCUT2D eigenvalue weighted by molar-refractivity contribution is 5.90. The van der Waals surface area contributed by atoms with Gasteiger partial charge < -0.3 is 15.8 Å². The third kappa shape index (κ3) is 3.40. The summed E-state index contributed by atoms with van der Waals surface area (Å²) in [6, 6.07) is 3.33. The Morgan fingerprint density at radius 3 is 3.00 bits per heavy atom. The number of nitrogen functional groups attached to an aromatic ring is 1. The second kappa shape index (κ2) is 5.18. The van der Waals surface area contributed by atoms with Crippen molar-refractivity contribution in [2.24, 2.45) is 0 Å². The third-order valence-electron chi connectivity index (χ3n) is 1.60. The predicted octanol–water partition coefficient (Wildman–Crippen LogP) is 0.639. The van der Waals surface area contributed by atoms with Crippen LogP contribution < -0.4 is 11.1 Å². The average Bonchev–Trinajstić information content (AvgIpc) is 2.18. The van der Waals surface area contributed by atoms with Crippen molar-refractivity contribution in [3.8, 4) is 0 Å². The predicted molar refractivity (Wildman–Crippen MR) is 53.8 cm³/mol. The van der Waals surface area contributed by atoms with Crippen LogP contribution in [0.25, 0.3) is 0 Å². The van der Waals surface area contributed by atoms with Gasteiger partial charge in [-0.15, -0.1) is 0 Å². The first-order valence-electron chi connectivity index (χ1n) is 4.22. The molecule has 5 nitrogen and oxygen atoms in total. The molecule has 1 amide bonds. The highest BCUT2D eigenvalue weighted by atomic mass is 16.5. The molecule has 0 aliphatic rings. The van der Waals surface area contributed by atoms with Crippen molar-refractivity contribution in [2.45, 2.75) is 6.42 Å². The first-order valence-corrected chi connectivity index (χ1v) is 4.22. The number of carbonyl (C=O) groups is 1. The van der Waals surface area contributed by atoms with E-state index in [9.17, 15) is 4.79 Å². The van der Waals surface area contributed by atoms with E-state index in [-0.39, 0.29) is 5.91 Å². The molecule has 5 heteroatoms. The van der Waals surface area contributed by atoms with Gasteiger partial charge in [-0.05, 0) is 12.1 Å². The van der Waals surface area contributed by atoms with Crippen LogP contribution in [0.3, 0.4) is 0 Å². The standard InChI is InChI=1S/C9H13N3O2/c1-14-5-4-9(13)12-7-2-3-8(10)11-6-7/h2-3,6H,4-5H2,1H3,(H2,10,11)(H,12,13). The average molecular weight is 195 g/mol. The van der Waals surface area contributed by atoms with E-state index in [1.165, 1.54) is 6.20 Å². The van der Waals surface area contributed by atoms with E-state index in [1.54, 1.807) is 19.2 Å². The zero-order valence-corrected chi connectivity index (χ0v) is 7.99. The number of nitrogens with two attached hydrogens (primary N) is 1. The number of amides is 1. The summed E-state index contributed by atoms with van der Waals surface area (Å²) in [5.74, 6) is 0.332. The molecule has 0 aromatic carbocycles. The lowest BCUT2D eigenvalue weighted by molar-refractivity contribution is -0.117. The molecule has 0 saturated carbocycles. The first kappa shape index (κ1) is 10.5. The molecule has 14 heavy (non-hydrogen) atoms. The van der Waals surface area contributed by atoms with Crippen molar-refractivity contribution >= 4 is 17.4 Å². The first-order chi connectivity index (χ1) is 6.72. The number of pyridine rings is 1. The number of methoxy groups -OCH3 is 1. The molecular formula is C9H13N3O2. The third-order valence-corrected chi connectivity index (χ3v) is 1.60. The van der Waals surface area contributed by atoms with Crippen LogP contribution in [0.5, 0.6) is 0 Å². The summed E-state index contributed by atoms with van der Waals surface area (Å²) in [5, 5.41) is 2.67. The van der Waals surface area contributed by atoms with Gasteiger partial charge in [-0.1, -0.05) is 0 Å². The summed E-state index contributed by atoms with van der Waals surface area (Å²) in [6.45, 7) is 0.411. The van der Waals surface area contributed by atoms with Gasteiger partial charge in [-0.2, -0.15) is 0 Å². The monoisotopic (exact) mass is 195 g/mol. The molecule has 1 aromatic rings. The summed E-state index contributed by atoms with van der Waals surface area (Å²) in [5.41, 5.74) is 6.03. The SMILES string of the molecule is COCCC(=O)Nc1ccc(N)nc1. The van der Waals surface area contributed by atoms with Crippen molar-refractivity contribution in [1.82, 2.24) is 4.98 Å². The molecule has 0 aliphatic carbocycles. The largest absolute Gasteiger partial charge is 0.384 e. The van der Waals surface area contributed by atoms with E-state index in [2.05, 4.69) is 10.3 Å². The van der Waals surface area contributed by atoms with Crippen LogP contribution in [-0.2, 0) is 9.53 Å². The Kier molecular flexibility index (Phi) is 3.87. The van der Waals surface area contributed by atoms with Crippen LogP contribution in [-0.4, -0.2) is 24.6 Å². The van der Waals surface area contributed by atoms with Crippen LogP contribution in [0.15, 0.2) is 18.3 Å². The van der Waals surface area contributed by atoms with Crippen LogP contribution in [0, 0.1) is 0 Å². The minimum absolute atomic E-state index is 0.0987. The molecule has 0 atom stereocenters. The highest BCUT2D eigenvalue weighted by Gasteiger charge is 2.01. The summed E-state index contributed by atoms with van der Waals surface area (Å²) < 4.78 is 4.77. The molecule has 76 valence electrons. The van der Waals surface area contributed by atoms with E-state index in [0.717, 1.165) is 0 Å². The number of nitrogens with zero attached hydrogens (tertiary/aromatic N) is 1. The second-order valence-electron chi connectivity index (χ2n) is 2.76. The Bertz CT molecular complexity index is 297. The highest BCUT2D eigenvalue weighted by Crippen LogP contribution is 2.06. The quantitative estimate of drug-likeness (QED) is 0.739. The van der Waals surface area contributed by atoms with Crippen molar-refractivity contribution < 1.29 is 9.53 Å². The molecule has 0 aliphatic heterocycles. The molecule has 0 spiro atoms. The summed E-state index contributed by atoms with van der Waals surface area (Å²) in [7, 11) is 1.55. The number of hydrogen-bond donors (Lipinski definition) is 2. The Balaban J connectivity index is 2.44. The topological polar surface area (TPSA) is 77.2 Å². The number of nitrogens with one attached hydrogen (secondary N) is 1. The smallest absolute Gasteiger partial charge is 0.226 e. The van der Waals surface area contributed by atoms with Gasteiger partial charge in [0.15, 0.2) is 0 Å². The number of carbonyl (C=O) groups excluding carboxylic acids is 1. The maximum atomic E-state index is 11.2. The van der Waals surface area contributed by atoms with Crippen molar-refractivity contribution in [3.05, 3.63) is 18.3 Å². The van der Waals surface area contributed by atoms with Crippen molar-refractivity contribution in [3.63, 3.8) is 0 Å². The van der Waals surface area contributed by atoms with E-state index in [1.807, 2.05) is 0 Å². The zero-order valence-electron chi connectivity index (χ0n) is 7.99. The molecule has 1 rings (SSSR count). The summed E-state index contributed by atoms with van der Waals surface area (Å²) in [6.07, 6.45) is 1.85. The van der Waals surface area contributed by atoms with E-state index in [4.69, 9.17) is 10.5 Å². The van der Waals surface area contributed by atoms with E-state index < -0.39 is 0 Å². The number of hydrogen-bond acceptors (Lipinski definition) is 4. The van der Waals surface area contributed by atoms with Gasteiger partial charge in [0, 0.05) is 7.11 Å². The normalized spacial score (nSPS) is 9.79. The fraction of sp³-hybridized carbons (Fsp3) is 0.333. The Labute approximate surface area is 82.3 Å². The maximum Gasteiger partial charge on any atom is 0.226 e. The van der Waals surface area contributed by atoms with E-state index >= 15 is 0 Å². The van der Waals surface area contributed by atoms with Crippen molar-refractivity contribution in [1.29, 1.82) is 0 Å². The Hall–Kier alpha value is -1.62. The molecule has 0 fully saturated rings. The maximum absolute atomic E-state index is 11.2. The number of rotatable bonds is 4. The lowest BCUT2D eigenvalue weighted by Crippen LogP contribution is -2.13. The van der Waals surface area contributed by atoms with Gasteiger partial charge in [-0.25, -0.2) is 4.98 Å². The van der Waals surface area contributed by atoms with E-state index in [0.29, 0.717) is 24.5 Å². The second-order valence-corrected chi connectivity index (χ2v) is 2.76. The molecule has 0 saturated heterocycles. The Morgan fingerprint density at radius 2 is 2.43 bits per heavy atom. The lowest BCUT2D eigenvalue weighted by atomic mass is 10.3. The van der Waals surface area contributed by atoms with Gasteiger partial charge in [0.1, 0.15) is 5.82 Å². The molecular weight excluding hydrogens is 182 g/mol. The Morgan fingerprint density at radius 1 is 1.64 bits per heavy atom. The fourth-order valence-electron chi connectivity index (χ4n) is 0.897. The molecule has 1 aromatic heterocycles. The van der Waals surface area contributed by atoms with Gasteiger partial charge in [-0.3, -0.25) is 4.79 Å². The molecule has 0 unspecified atom stereocenters. The van der Waals surface area contributed by atoms with Crippen LogP contribution in [0.1, 0.15) is 6.42 Å².